The summed E-state index contributed by atoms with van der Waals surface area (Å²) in [6.07, 6.45) is 3.09. The van der Waals surface area contributed by atoms with Crippen LogP contribution in [-0.4, -0.2) is 24.2 Å². The summed E-state index contributed by atoms with van der Waals surface area (Å²) in [6.45, 7) is 0. The van der Waals surface area contributed by atoms with E-state index in [4.69, 9.17) is 32.5 Å². The third-order valence-corrected chi connectivity index (χ3v) is 2.29. The molecule has 2 aromatic rings. The summed E-state index contributed by atoms with van der Waals surface area (Å²) in [7, 11) is 3.08. The molecule has 19 heavy (non-hydrogen) atoms. The van der Waals surface area contributed by atoms with Crippen LogP contribution in [-0.2, 0) is 0 Å². The maximum absolute atomic E-state index is 5.60. The van der Waals surface area contributed by atoms with E-state index in [0.29, 0.717) is 28.2 Å². The van der Waals surface area contributed by atoms with E-state index in [1.54, 1.807) is 31.5 Å². The Labute approximate surface area is 116 Å². The minimum absolute atomic E-state index is 0.354. The second-order valence-corrected chi connectivity index (χ2v) is 3.77. The van der Waals surface area contributed by atoms with Gasteiger partial charge in [-0.25, -0.2) is 9.97 Å². The van der Waals surface area contributed by atoms with Crippen LogP contribution in [0.15, 0.2) is 30.6 Å². The lowest BCUT2D eigenvalue weighted by Crippen LogP contribution is -1.94. The number of hydrogen-bond donors (Lipinski definition) is 2. The molecule has 102 valence electrons. The van der Waals surface area contributed by atoms with E-state index in [1.165, 1.54) is 13.3 Å². The smallest absolute Gasteiger partial charge is 0.166 e. The van der Waals surface area contributed by atoms with Gasteiger partial charge in [-0.2, -0.15) is 0 Å². The molecule has 4 N–H and O–H groups in total. The molecular weight excluding hydrogens is 268 g/mol. The fourth-order valence-corrected chi connectivity index (χ4v) is 1.32. The summed E-state index contributed by atoms with van der Waals surface area (Å²) in [4.78, 5) is 7.57. The van der Waals surface area contributed by atoms with Gasteiger partial charge < -0.3 is 20.9 Å². The van der Waals surface area contributed by atoms with Gasteiger partial charge in [0, 0.05) is 18.5 Å². The maximum Gasteiger partial charge on any atom is 0.166 e. The zero-order valence-corrected chi connectivity index (χ0v) is 11.4. The lowest BCUT2D eigenvalue weighted by atomic mass is 10.4. The molecule has 0 fully saturated rings. The average Bonchev–Trinajstić information content (AvgIpc) is 2.43. The zero-order chi connectivity index (χ0) is 14.3. The number of halogens is 1. The molecule has 0 bridgehead atoms. The van der Waals surface area contributed by atoms with Crippen LogP contribution < -0.4 is 20.9 Å². The number of rotatable bonds is 2. The third kappa shape index (κ3) is 4.51. The van der Waals surface area contributed by atoms with Crippen LogP contribution in [0.1, 0.15) is 0 Å². The topological polar surface area (TPSA) is 96.3 Å². The molecule has 2 aromatic heterocycles. The Morgan fingerprint density at radius 1 is 1.05 bits per heavy atom. The highest BCUT2D eigenvalue weighted by Crippen LogP contribution is 2.21. The van der Waals surface area contributed by atoms with Crippen molar-refractivity contribution in [2.24, 2.45) is 0 Å². The molecule has 2 rings (SSSR count). The Kier molecular flexibility index (Phi) is 5.69. The van der Waals surface area contributed by atoms with Gasteiger partial charge in [0.25, 0.3) is 0 Å². The maximum atomic E-state index is 5.60. The Balaban J connectivity index is 0.000000191. The van der Waals surface area contributed by atoms with E-state index in [1.807, 2.05) is 0 Å². The van der Waals surface area contributed by atoms with Crippen molar-refractivity contribution in [2.75, 3.05) is 25.7 Å². The fourth-order valence-electron chi connectivity index (χ4n) is 1.17. The van der Waals surface area contributed by atoms with Crippen molar-refractivity contribution in [1.82, 2.24) is 9.97 Å². The minimum Gasteiger partial charge on any atom is -0.493 e. The normalized spacial score (nSPS) is 9.21. The second-order valence-electron chi connectivity index (χ2n) is 3.33. The number of anilines is 2. The van der Waals surface area contributed by atoms with Gasteiger partial charge >= 0.3 is 0 Å². The number of hydrogen-bond acceptors (Lipinski definition) is 6. The monoisotopic (exact) mass is 282 g/mol. The zero-order valence-electron chi connectivity index (χ0n) is 10.6. The molecule has 0 amide bonds. The number of nitrogens with zero attached hydrogens (tertiary/aromatic N) is 2. The number of pyridine rings is 2. The molecule has 2 heterocycles. The van der Waals surface area contributed by atoms with Crippen LogP contribution in [0.4, 0.5) is 11.6 Å². The van der Waals surface area contributed by atoms with Gasteiger partial charge in [0.05, 0.1) is 19.2 Å². The number of aromatic nitrogens is 2. The summed E-state index contributed by atoms with van der Waals surface area (Å²) < 4.78 is 9.71. The quantitative estimate of drug-likeness (QED) is 0.874. The van der Waals surface area contributed by atoms with E-state index in [0.717, 1.165) is 0 Å². The molecular formula is C12H15ClN4O2. The highest BCUT2D eigenvalue weighted by atomic mass is 35.5. The minimum atomic E-state index is 0.354. The summed E-state index contributed by atoms with van der Waals surface area (Å²) in [6, 6.07) is 5.15. The molecule has 6 nitrogen and oxygen atoms in total. The van der Waals surface area contributed by atoms with Crippen molar-refractivity contribution >= 4 is 23.2 Å². The summed E-state index contributed by atoms with van der Waals surface area (Å²) in [5.74, 6) is 1.91. The van der Waals surface area contributed by atoms with Gasteiger partial charge in [-0.3, -0.25) is 0 Å². The molecule has 0 unspecified atom stereocenters. The van der Waals surface area contributed by atoms with Crippen molar-refractivity contribution in [3.8, 4) is 11.5 Å². The van der Waals surface area contributed by atoms with E-state index in [2.05, 4.69) is 9.97 Å². The first-order chi connectivity index (χ1) is 9.08. The van der Waals surface area contributed by atoms with Gasteiger partial charge in [0.15, 0.2) is 23.1 Å². The fraction of sp³-hybridized carbons (Fsp3) is 0.167. The Hall–Kier alpha value is -2.21. The first-order valence-corrected chi connectivity index (χ1v) is 5.65. The number of methoxy groups -OCH3 is 2. The standard InChI is InChI=1S/C6H7ClN2O.C6H8N2O/c1-10-5-2-4(7)3-9-6(5)8;1-9-5-3-2-4-8-6(5)7/h2-3H,1H3,(H2,8,9);2-4H,1H3,(H2,7,8). The van der Waals surface area contributed by atoms with Crippen LogP contribution in [0, 0.1) is 0 Å². The van der Waals surface area contributed by atoms with E-state index >= 15 is 0 Å². The molecule has 7 heteroatoms. The molecule has 0 aliphatic heterocycles. The van der Waals surface area contributed by atoms with Crippen LogP contribution in [0.2, 0.25) is 5.02 Å². The predicted molar refractivity (Wildman–Crippen MR) is 75.4 cm³/mol. The molecule has 0 saturated carbocycles. The predicted octanol–water partition coefficient (Wildman–Crippen LogP) is 2.00. The molecule has 0 aliphatic carbocycles. The largest absolute Gasteiger partial charge is 0.493 e. The van der Waals surface area contributed by atoms with E-state index in [-0.39, 0.29) is 0 Å². The van der Waals surface area contributed by atoms with Gasteiger partial charge in [-0.15, -0.1) is 0 Å². The Bertz CT molecular complexity index is 537. The van der Waals surface area contributed by atoms with Crippen molar-refractivity contribution < 1.29 is 9.47 Å². The average molecular weight is 283 g/mol. The second kappa shape index (κ2) is 7.27. The molecule has 0 aliphatic rings. The molecule has 0 spiro atoms. The van der Waals surface area contributed by atoms with Gasteiger partial charge in [-0.1, -0.05) is 11.6 Å². The van der Waals surface area contributed by atoms with Crippen LogP contribution in [0.25, 0.3) is 0 Å². The SMILES string of the molecule is COc1cc(Cl)cnc1N.COc1cccnc1N. The number of nitrogens with two attached hydrogens (primary N) is 2. The van der Waals surface area contributed by atoms with Crippen LogP contribution >= 0.6 is 11.6 Å². The van der Waals surface area contributed by atoms with Crippen molar-refractivity contribution in [3.05, 3.63) is 35.6 Å². The van der Waals surface area contributed by atoms with Crippen molar-refractivity contribution in [2.45, 2.75) is 0 Å². The summed E-state index contributed by atoms with van der Waals surface area (Å²) in [5.41, 5.74) is 10.8. The van der Waals surface area contributed by atoms with Gasteiger partial charge in [0.2, 0.25) is 0 Å². The molecule has 0 saturated heterocycles. The highest BCUT2D eigenvalue weighted by Gasteiger charge is 1.98. The van der Waals surface area contributed by atoms with Crippen molar-refractivity contribution in [1.29, 1.82) is 0 Å². The third-order valence-electron chi connectivity index (χ3n) is 2.09. The van der Waals surface area contributed by atoms with E-state index < -0.39 is 0 Å². The number of nitrogen functional groups attached to an aromatic ring is 2. The molecule has 0 radical (unpaired) electrons. The van der Waals surface area contributed by atoms with Crippen LogP contribution in [0.3, 0.4) is 0 Å². The Morgan fingerprint density at radius 2 is 1.68 bits per heavy atom. The lowest BCUT2D eigenvalue weighted by molar-refractivity contribution is 0.415. The van der Waals surface area contributed by atoms with Gasteiger partial charge in [-0.05, 0) is 12.1 Å². The van der Waals surface area contributed by atoms with Crippen molar-refractivity contribution in [3.63, 3.8) is 0 Å². The molecule has 0 aromatic carbocycles. The summed E-state index contributed by atoms with van der Waals surface area (Å²) >= 11 is 5.60. The van der Waals surface area contributed by atoms with E-state index in [9.17, 15) is 0 Å². The first kappa shape index (κ1) is 14.8. The summed E-state index contributed by atoms with van der Waals surface area (Å²) in [5, 5.41) is 0.519. The number of ether oxygens (including phenoxy) is 2. The van der Waals surface area contributed by atoms with Crippen LogP contribution in [0.5, 0.6) is 11.5 Å². The highest BCUT2D eigenvalue weighted by molar-refractivity contribution is 6.30. The Morgan fingerprint density at radius 3 is 2.16 bits per heavy atom. The first-order valence-electron chi connectivity index (χ1n) is 5.28. The lowest BCUT2D eigenvalue weighted by Gasteiger charge is -2.01. The molecule has 0 atom stereocenters. The van der Waals surface area contributed by atoms with Gasteiger partial charge in [0.1, 0.15) is 0 Å².